The van der Waals surface area contributed by atoms with Crippen molar-refractivity contribution < 1.29 is 24.2 Å². The summed E-state index contributed by atoms with van der Waals surface area (Å²) in [6, 6.07) is 12.0. The van der Waals surface area contributed by atoms with E-state index in [0.717, 1.165) is 17.9 Å². The number of carbonyl (C=O) groups is 2. The number of methoxy groups -OCH3 is 1. The summed E-state index contributed by atoms with van der Waals surface area (Å²) in [7, 11) is 5.50. The van der Waals surface area contributed by atoms with Crippen LogP contribution in [0.1, 0.15) is 56.8 Å². The Morgan fingerprint density at radius 3 is 2.44 bits per heavy atom. The second kappa shape index (κ2) is 11.2. The molecule has 1 unspecified atom stereocenters. The highest BCUT2D eigenvalue weighted by atomic mass is 16.5. The third-order valence-corrected chi connectivity index (χ3v) is 6.31. The number of aliphatic hydroxyl groups excluding tert-OH is 1. The molecule has 2 aromatic rings. The van der Waals surface area contributed by atoms with Crippen LogP contribution in [0.2, 0.25) is 0 Å². The first-order valence-corrected chi connectivity index (χ1v) is 12.3. The minimum Gasteiger partial charge on any atom is -0.507 e. The first-order valence-electron chi connectivity index (χ1n) is 12.3. The molecule has 0 aliphatic carbocycles. The van der Waals surface area contributed by atoms with Gasteiger partial charge in [-0.3, -0.25) is 9.59 Å². The van der Waals surface area contributed by atoms with E-state index in [0.29, 0.717) is 36.4 Å². The molecule has 2 aromatic carbocycles. The lowest BCUT2D eigenvalue weighted by molar-refractivity contribution is -0.139. The Hall–Kier alpha value is -3.32. The lowest BCUT2D eigenvalue weighted by atomic mass is 9.84. The summed E-state index contributed by atoms with van der Waals surface area (Å²) in [6.07, 6.45) is 0.692. The van der Waals surface area contributed by atoms with E-state index in [1.165, 1.54) is 0 Å². The quantitative estimate of drug-likeness (QED) is 0.308. The van der Waals surface area contributed by atoms with Crippen molar-refractivity contribution in [3.8, 4) is 11.5 Å². The Balaban J connectivity index is 2.17. The first-order chi connectivity index (χ1) is 17.0. The molecule has 36 heavy (non-hydrogen) atoms. The minimum atomic E-state index is -0.716. The number of amides is 1. The predicted molar refractivity (Wildman–Crippen MR) is 141 cm³/mol. The third-order valence-electron chi connectivity index (χ3n) is 6.31. The van der Waals surface area contributed by atoms with Gasteiger partial charge in [-0.1, -0.05) is 32.9 Å². The largest absolute Gasteiger partial charge is 0.507 e. The standard InChI is InChI=1S/C29H38N2O5/c1-8-36-23-14-13-20(18-22(23)29(2,3)4)26(32)24-25(19-11-9-12-21(17-19)35-7)31(28(34)27(24)33)16-10-15-30(5)6/h9,11-14,17-18,25,32H,8,10,15-16H2,1-7H3/b26-24-. The summed E-state index contributed by atoms with van der Waals surface area (Å²) in [4.78, 5) is 30.1. The van der Waals surface area contributed by atoms with E-state index in [1.54, 1.807) is 18.1 Å². The molecule has 7 nitrogen and oxygen atoms in total. The monoisotopic (exact) mass is 494 g/mol. The second-order valence-electron chi connectivity index (χ2n) is 10.3. The lowest BCUT2D eigenvalue weighted by Crippen LogP contribution is -2.32. The van der Waals surface area contributed by atoms with Gasteiger partial charge in [0.1, 0.15) is 17.3 Å². The molecule has 1 atom stereocenters. The fraction of sp³-hybridized carbons (Fsp3) is 0.448. The summed E-state index contributed by atoms with van der Waals surface area (Å²) >= 11 is 0. The summed E-state index contributed by atoms with van der Waals surface area (Å²) < 4.78 is 11.2. The van der Waals surface area contributed by atoms with E-state index in [-0.39, 0.29) is 16.7 Å². The highest BCUT2D eigenvalue weighted by Crippen LogP contribution is 2.41. The zero-order valence-corrected chi connectivity index (χ0v) is 22.4. The van der Waals surface area contributed by atoms with Crippen LogP contribution >= 0.6 is 0 Å². The molecular formula is C29H38N2O5. The van der Waals surface area contributed by atoms with Crippen molar-refractivity contribution in [2.75, 3.05) is 40.9 Å². The average molecular weight is 495 g/mol. The topological polar surface area (TPSA) is 79.3 Å². The van der Waals surface area contributed by atoms with Crippen molar-refractivity contribution in [2.45, 2.75) is 45.6 Å². The average Bonchev–Trinajstić information content (AvgIpc) is 3.08. The molecule has 1 heterocycles. The molecule has 0 saturated carbocycles. The van der Waals surface area contributed by atoms with Gasteiger partial charge in [0, 0.05) is 17.7 Å². The number of aliphatic hydroxyl groups is 1. The number of likely N-dealkylation sites (tertiary alicyclic amines) is 1. The van der Waals surface area contributed by atoms with Crippen LogP contribution in [-0.4, -0.2) is 67.5 Å². The molecule has 0 bridgehead atoms. The fourth-order valence-electron chi connectivity index (χ4n) is 4.53. The molecule has 1 aliphatic heterocycles. The van der Waals surface area contributed by atoms with Gasteiger partial charge >= 0.3 is 0 Å². The normalized spacial score (nSPS) is 17.7. The van der Waals surface area contributed by atoms with Gasteiger partial charge < -0.3 is 24.4 Å². The van der Waals surface area contributed by atoms with Gasteiger partial charge in [-0.05, 0) is 75.3 Å². The van der Waals surface area contributed by atoms with Crippen LogP contribution in [0.4, 0.5) is 0 Å². The number of carbonyl (C=O) groups excluding carboxylic acids is 2. The van der Waals surface area contributed by atoms with Crippen molar-refractivity contribution in [1.29, 1.82) is 0 Å². The summed E-state index contributed by atoms with van der Waals surface area (Å²) in [5.74, 6) is -0.135. The minimum absolute atomic E-state index is 0.0853. The Kier molecular flexibility index (Phi) is 8.46. The van der Waals surface area contributed by atoms with Crippen molar-refractivity contribution in [3.63, 3.8) is 0 Å². The van der Waals surface area contributed by atoms with Crippen molar-refractivity contribution in [1.82, 2.24) is 9.80 Å². The lowest BCUT2D eigenvalue weighted by Gasteiger charge is -2.26. The maximum Gasteiger partial charge on any atom is 0.295 e. The van der Waals surface area contributed by atoms with Gasteiger partial charge in [0.2, 0.25) is 0 Å². The van der Waals surface area contributed by atoms with E-state index in [2.05, 4.69) is 20.8 Å². The number of nitrogens with zero attached hydrogens (tertiary/aromatic N) is 2. The molecule has 1 aliphatic rings. The Labute approximate surface area is 214 Å². The molecular weight excluding hydrogens is 456 g/mol. The number of hydrogen-bond acceptors (Lipinski definition) is 6. The van der Waals surface area contributed by atoms with Crippen LogP contribution in [0, 0.1) is 0 Å². The first kappa shape index (κ1) is 27.3. The maximum atomic E-state index is 13.3. The number of rotatable bonds is 9. The number of Topliss-reactive ketones (excluding diaryl/α,β-unsaturated/α-hetero) is 1. The second-order valence-corrected chi connectivity index (χ2v) is 10.3. The molecule has 1 N–H and O–H groups in total. The molecule has 1 amide bonds. The van der Waals surface area contributed by atoms with Gasteiger partial charge in [0.05, 0.1) is 25.3 Å². The number of ether oxygens (including phenoxy) is 2. The molecule has 0 aromatic heterocycles. The van der Waals surface area contributed by atoms with E-state index in [1.807, 2.05) is 62.3 Å². The molecule has 1 fully saturated rings. The SMILES string of the molecule is CCOc1ccc(/C(O)=C2/C(=O)C(=O)N(CCCN(C)C)C2c2cccc(OC)c2)cc1C(C)(C)C. The fourth-order valence-corrected chi connectivity index (χ4v) is 4.53. The van der Waals surface area contributed by atoms with Gasteiger partial charge in [0.15, 0.2) is 0 Å². The van der Waals surface area contributed by atoms with Crippen LogP contribution in [0.25, 0.3) is 5.76 Å². The molecule has 0 spiro atoms. The van der Waals surface area contributed by atoms with Crippen LogP contribution in [0.15, 0.2) is 48.0 Å². The zero-order chi connectivity index (χ0) is 26.6. The van der Waals surface area contributed by atoms with E-state index < -0.39 is 17.7 Å². The Morgan fingerprint density at radius 2 is 1.83 bits per heavy atom. The van der Waals surface area contributed by atoms with E-state index in [9.17, 15) is 14.7 Å². The molecule has 1 saturated heterocycles. The highest BCUT2D eigenvalue weighted by molar-refractivity contribution is 6.46. The molecule has 7 heteroatoms. The summed E-state index contributed by atoms with van der Waals surface area (Å²) in [5, 5.41) is 11.5. The van der Waals surface area contributed by atoms with Gasteiger partial charge in [-0.2, -0.15) is 0 Å². The number of ketones is 1. The highest BCUT2D eigenvalue weighted by Gasteiger charge is 2.46. The maximum absolute atomic E-state index is 13.3. The molecule has 3 rings (SSSR count). The predicted octanol–water partition coefficient (Wildman–Crippen LogP) is 4.76. The smallest absolute Gasteiger partial charge is 0.295 e. The van der Waals surface area contributed by atoms with Gasteiger partial charge in [0.25, 0.3) is 11.7 Å². The Bertz CT molecular complexity index is 1150. The van der Waals surface area contributed by atoms with Crippen LogP contribution in [0.3, 0.4) is 0 Å². The van der Waals surface area contributed by atoms with Crippen molar-refractivity contribution in [2.24, 2.45) is 0 Å². The van der Waals surface area contributed by atoms with Crippen molar-refractivity contribution >= 4 is 17.4 Å². The summed E-state index contributed by atoms with van der Waals surface area (Å²) in [5.41, 5.74) is 1.92. The van der Waals surface area contributed by atoms with Crippen molar-refractivity contribution in [3.05, 3.63) is 64.7 Å². The molecule has 0 radical (unpaired) electrons. The van der Waals surface area contributed by atoms with Crippen LogP contribution in [-0.2, 0) is 15.0 Å². The van der Waals surface area contributed by atoms with Crippen LogP contribution in [0.5, 0.6) is 11.5 Å². The zero-order valence-electron chi connectivity index (χ0n) is 22.4. The summed E-state index contributed by atoms with van der Waals surface area (Å²) in [6.45, 7) is 9.78. The number of hydrogen-bond donors (Lipinski definition) is 1. The van der Waals surface area contributed by atoms with E-state index in [4.69, 9.17) is 9.47 Å². The van der Waals surface area contributed by atoms with Crippen LogP contribution < -0.4 is 9.47 Å². The van der Waals surface area contributed by atoms with Gasteiger partial charge in [-0.15, -0.1) is 0 Å². The van der Waals surface area contributed by atoms with Gasteiger partial charge in [-0.25, -0.2) is 0 Å². The third kappa shape index (κ3) is 5.73. The number of benzene rings is 2. The molecule has 194 valence electrons. The van der Waals surface area contributed by atoms with E-state index >= 15 is 0 Å². The Morgan fingerprint density at radius 1 is 1.11 bits per heavy atom.